The minimum atomic E-state index is 0.180. The van der Waals surface area contributed by atoms with Gasteiger partial charge in [0.05, 0.1) is 31.9 Å². The third-order valence-corrected chi connectivity index (χ3v) is 3.82. The molecule has 4 heterocycles. The number of hydrogen-bond acceptors (Lipinski definition) is 7. The number of fused-ring (bicyclic) bond motifs is 3. The molecule has 0 spiro atoms. The molecule has 7 nitrogen and oxygen atoms in total. The van der Waals surface area contributed by atoms with Gasteiger partial charge in [0.1, 0.15) is 11.3 Å². The number of pyridine rings is 1. The Morgan fingerprint density at radius 3 is 2.86 bits per heavy atom. The molecule has 0 bridgehead atoms. The Morgan fingerprint density at radius 2 is 2.09 bits per heavy atom. The monoisotopic (exact) mass is 320 g/mol. The van der Waals surface area contributed by atoms with Gasteiger partial charge in [0.2, 0.25) is 11.0 Å². The van der Waals surface area contributed by atoms with Crippen molar-refractivity contribution in [2.45, 2.75) is 0 Å². The van der Waals surface area contributed by atoms with Crippen LogP contribution >= 0.6 is 11.6 Å². The van der Waals surface area contributed by atoms with Crippen molar-refractivity contribution in [3.8, 4) is 5.75 Å². The van der Waals surface area contributed by atoms with Gasteiger partial charge < -0.3 is 18.8 Å². The van der Waals surface area contributed by atoms with Gasteiger partial charge in [-0.3, -0.25) is 0 Å². The van der Waals surface area contributed by atoms with E-state index in [1.54, 1.807) is 13.3 Å². The van der Waals surface area contributed by atoms with Crippen molar-refractivity contribution in [2.24, 2.45) is 0 Å². The fourth-order valence-electron chi connectivity index (χ4n) is 2.57. The van der Waals surface area contributed by atoms with Crippen LogP contribution in [0.15, 0.2) is 16.7 Å². The van der Waals surface area contributed by atoms with Crippen LogP contribution in [0.3, 0.4) is 0 Å². The first-order valence-electron chi connectivity index (χ1n) is 6.89. The summed E-state index contributed by atoms with van der Waals surface area (Å²) in [6.45, 7) is 2.76. The second-order valence-corrected chi connectivity index (χ2v) is 5.26. The van der Waals surface area contributed by atoms with Crippen LogP contribution in [0, 0.1) is 0 Å². The quantitative estimate of drug-likeness (QED) is 0.670. The van der Waals surface area contributed by atoms with Crippen LogP contribution in [0.25, 0.3) is 22.2 Å². The fourth-order valence-corrected chi connectivity index (χ4v) is 2.73. The maximum atomic E-state index is 6.10. The van der Waals surface area contributed by atoms with Gasteiger partial charge in [-0.1, -0.05) is 0 Å². The number of nitrogens with zero attached hydrogens (tertiary/aromatic N) is 4. The zero-order chi connectivity index (χ0) is 15.1. The number of methoxy groups -OCH3 is 1. The largest absolute Gasteiger partial charge is 0.495 e. The molecule has 4 rings (SSSR count). The topological polar surface area (TPSA) is 73.5 Å². The number of aromatic nitrogens is 3. The van der Waals surface area contributed by atoms with Crippen LogP contribution in [-0.4, -0.2) is 48.4 Å². The summed E-state index contributed by atoms with van der Waals surface area (Å²) in [5.41, 5.74) is 1.71. The highest BCUT2D eigenvalue weighted by atomic mass is 35.5. The van der Waals surface area contributed by atoms with Crippen LogP contribution in [-0.2, 0) is 4.74 Å². The molecule has 0 unspecified atom stereocenters. The molecule has 22 heavy (non-hydrogen) atoms. The van der Waals surface area contributed by atoms with Gasteiger partial charge in [-0.2, -0.15) is 4.98 Å². The smallest absolute Gasteiger partial charge is 0.229 e. The standard InChI is InChI=1S/C14H13ClN4O3/c1-20-8-6-9-10-11(22-13(9)16-7-8)12(18-14(15)17-10)19-2-4-21-5-3-19/h6-7H,2-5H2,1H3. The summed E-state index contributed by atoms with van der Waals surface area (Å²) < 4.78 is 16.4. The van der Waals surface area contributed by atoms with E-state index in [9.17, 15) is 0 Å². The van der Waals surface area contributed by atoms with Crippen molar-refractivity contribution in [1.82, 2.24) is 15.0 Å². The predicted octanol–water partition coefficient (Wildman–Crippen LogP) is 2.27. The summed E-state index contributed by atoms with van der Waals surface area (Å²) in [6.07, 6.45) is 1.61. The van der Waals surface area contributed by atoms with Gasteiger partial charge in [-0.25, -0.2) is 9.97 Å². The number of furan rings is 1. The Hall–Kier alpha value is -2.12. The van der Waals surface area contributed by atoms with Crippen molar-refractivity contribution in [3.05, 3.63) is 17.5 Å². The molecule has 3 aromatic heterocycles. The van der Waals surface area contributed by atoms with E-state index in [1.807, 2.05) is 6.07 Å². The van der Waals surface area contributed by atoms with E-state index in [2.05, 4.69) is 19.9 Å². The van der Waals surface area contributed by atoms with Gasteiger partial charge in [0.15, 0.2) is 11.4 Å². The molecule has 0 radical (unpaired) electrons. The van der Waals surface area contributed by atoms with Crippen LogP contribution in [0.5, 0.6) is 5.75 Å². The normalized spacial score (nSPS) is 15.6. The lowest BCUT2D eigenvalue weighted by Gasteiger charge is -2.27. The molecular weight excluding hydrogens is 308 g/mol. The SMILES string of the molecule is COc1cnc2oc3c(N4CCOCC4)nc(Cl)nc3c2c1. The Labute approximate surface area is 130 Å². The molecule has 1 aliphatic rings. The lowest BCUT2D eigenvalue weighted by atomic mass is 10.3. The highest BCUT2D eigenvalue weighted by Gasteiger charge is 2.22. The van der Waals surface area contributed by atoms with Crippen molar-refractivity contribution < 1.29 is 13.9 Å². The van der Waals surface area contributed by atoms with E-state index in [0.717, 1.165) is 18.5 Å². The summed E-state index contributed by atoms with van der Waals surface area (Å²) in [5.74, 6) is 1.31. The van der Waals surface area contributed by atoms with Crippen molar-refractivity contribution in [1.29, 1.82) is 0 Å². The predicted molar refractivity (Wildman–Crippen MR) is 81.7 cm³/mol. The fraction of sp³-hybridized carbons (Fsp3) is 0.357. The first kappa shape index (κ1) is 13.5. The minimum Gasteiger partial charge on any atom is -0.495 e. The van der Waals surface area contributed by atoms with Crippen LogP contribution in [0.1, 0.15) is 0 Å². The molecule has 0 aliphatic carbocycles. The van der Waals surface area contributed by atoms with E-state index in [0.29, 0.717) is 41.6 Å². The summed E-state index contributed by atoms with van der Waals surface area (Å²) in [6, 6.07) is 1.83. The zero-order valence-electron chi connectivity index (χ0n) is 11.9. The molecule has 114 valence electrons. The molecule has 8 heteroatoms. The van der Waals surface area contributed by atoms with Gasteiger partial charge in [0, 0.05) is 13.1 Å². The highest BCUT2D eigenvalue weighted by molar-refractivity contribution is 6.29. The number of rotatable bonds is 2. The average molecular weight is 321 g/mol. The summed E-state index contributed by atoms with van der Waals surface area (Å²) in [7, 11) is 1.59. The number of halogens is 1. The number of anilines is 1. The second-order valence-electron chi connectivity index (χ2n) is 4.92. The number of ether oxygens (including phenoxy) is 2. The average Bonchev–Trinajstić information content (AvgIpc) is 2.92. The van der Waals surface area contributed by atoms with E-state index in [4.69, 9.17) is 25.5 Å². The maximum absolute atomic E-state index is 6.10. The third kappa shape index (κ3) is 2.13. The molecule has 0 aromatic carbocycles. The van der Waals surface area contributed by atoms with Crippen molar-refractivity contribution >= 4 is 39.6 Å². The highest BCUT2D eigenvalue weighted by Crippen LogP contribution is 2.34. The van der Waals surface area contributed by atoms with E-state index in [1.165, 1.54) is 0 Å². The Morgan fingerprint density at radius 1 is 1.27 bits per heavy atom. The minimum absolute atomic E-state index is 0.180. The van der Waals surface area contributed by atoms with E-state index < -0.39 is 0 Å². The van der Waals surface area contributed by atoms with Crippen molar-refractivity contribution in [3.63, 3.8) is 0 Å². The molecule has 0 saturated carbocycles. The lowest BCUT2D eigenvalue weighted by molar-refractivity contribution is 0.122. The lowest BCUT2D eigenvalue weighted by Crippen LogP contribution is -2.36. The summed E-state index contributed by atoms with van der Waals surface area (Å²) in [4.78, 5) is 15.0. The summed E-state index contributed by atoms with van der Waals surface area (Å²) >= 11 is 6.10. The van der Waals surface area contributed by atoms with Crippen LogP contribution in [0.2, 0.25) is 5.28 Å². The Bertz CT molecular complexity index is 845. The van der Waals surface area contributed by atoms with Gasteiger partial charge in [0.25, 0.3) is 0 Å². The maximum Gasteiger partial charge on any atom is 0.229 e. The Balaban J connectivity index is 1.97. The zero-order valence-corrected chi connectivity index (χ0v) is 12.6. The molecule has 1 fully saturated rings. The first-order chi connectivity index (χ1) is 10.8. The van der Waals surface area contributed by atoms with Crippen molar-refractivity contribution in [2.75, 3.05) is 38.3 Å². The first-order valence-corrected chi connectivity index (χ1v) is 7.26. The molecule has 1 aliphatic heterocycles. The second kappa shape index (κ2) is 5.26. The molecule has 1 saturated heterocycles. The van der Waals surface area contributed by atoms with Gasteiger partial charge in [-0.15, -0.1) is 0 Å². The molecule has 0 N–H and O–H groups in total. The molecule has 0 amide bonds. The third-order valence-electron chi connectivity index (χ3n) is 3.65. The van der Waals surface area contributed by atoms with Crippen LogP contribution in [0.4, 0.5) is 5.82 Å². The molecule has 0 atom stereocenters. The molecular formula is C14H13ClN4O3. The Kier molecular flexibility index (Phi) is 3.24. The number of hydrogen-bond donors (Lipinski definition) is 0. The molecule has 3 aromatic rings. The summed E-state index contributed by atoms with van der Waals surface area (Å²) in [5, 5.41) is 0.938. The van der Waals surface area contributed by atoms with Gasteiger partial charge >= 0.3 is 0 Å². The van der Waals surface area contributed by atoms with Gasteiger partial charge in [-0.05, 0) is 17.7 Å². The van der Waals surface area contributed by atoms with Crippen LogP contribution < -0.4 is 9.64 Å². The van der Waals surface area contributed by atoms with E-state index in [-0.39, 0.29) is 5.28 Å². The number of morpholine rings is 1. The van der Waals surface area contributed by atoms with E-state index >= 15 is 0 Å².